The minimum absolute atomic E-state index is 0.0807. The third kappa shape index (κ3) is 4.11. The minimum atomic E-state index is -4.69. The Morgan fingerprint density at radius 1 is 1.00 bits per heavy atom. The van der Waals surface area contributed by atoms with Crippen LogP contribution in [0.4, 0.5) is 13.2 Å². The predicted octanol–water partition coefficient (Wildman–Crippen LogP) is 6.12. The first-order chi connectivity index (χ1) is 13.4. The number of para-hydroxylation sites is 1. The van der Waals surface area contributed by atoms with Gasteiger partial charge in [-0.3, -0.25) is 0 Å². The van der Waals surface area contributed by atoms with Gasteiger partial charge in [-0.15, -0.1) is 0 Å². The number of hydrogen-bond acceptors (Lipinski definition) is 2. The number of hydrogen-bond donors (Lipinski definition) is 0. The summed E-state index contributed by atoms with van der Waals surface area (Å²) in [6, 6.07) is 17.2. The lowest BCUT2D eigenvalue weighted by Gasteiger charge is -2.12. The average molecular weight is 387 g/mol. The van der Waals surface area contributed by atoms with Gasteiger partial charge < -0.3 is 9.30 Å². The molecule has 1 heterocycles. The lowest BCUT2D eigenvalue weighted by atomic mass is 10.0. The highest BCUT2D eigenvalue weighted by atomic mass is 19.4. The summed E-state index contributed by atoms with van der Waals surface area (Å²) in [7, 11) is 0. The number of halogens is 3. The Labute approximate surface area is 161 Å². The third-order valence-corrected chi connectivity index (χ3v) is 4.33. The smallest absolute Gasteiger partial charge is 0.418 e. The van der Waals surface area contributed by atoms with Crippen LogP contribution in [0.2, 0.25) is 0 Å². The van der Waals surface area contributed by atoms with Gasteiger partial charge in [0.1, 0.15) is 0 Å². The quantitative estimate of drug-likeness (QED) is 0.377. The average Bonchev–Trinajstić information content (AvgIpc) is 3.11. The molecule has 3 aromatic rings. The van der Waals surface area contributed by atoms with Gasteiger partial charge in [-0.1, -0.05) is 61.9 Å². The second-order valence-corrected chi connectivity index (χ2v) is 6.33. The Bertz CT molecular complexity index is 932. The molecule has 28 heavy (non-hydrogen) atoms. The van der Waals surface area contributed by atoms with Crippen molar-refractivity contribution < 1.29 is 22.7 Å². The molecule has 0 spiro atoms. The van der Waals surface area contributed by atoms with Crippen LogP contribution in [0.5, 0.6) is 0 Å². The van der Waals surface area contributed by atoms with Gasteiger partial charge in [-0.05, 0) is 24.1 Å². The summed E-state index contributed by atoms with van der Waals surface area (Å²) in [4.78, 5) is 12.7. The molecule has 3 nitrogen and oxygen atoms in total. The largest absolute Gasteiger partial charge is 0.462 e. The topological polar surface area (TPSA) is 31.2 Å². The van der Waals surface area contributed by atoms with Crippen molar-refractivity contribution in [2.75, 3.05) is 6.61 Å². The van der Waals surface area contributed by atoms with Gasteiger partial charge >= 0.3 is 12.1 Å². The van der Waals surface area contributed by atoms with E-state index in [-0.39, 0.29) is 12.3 Å². The summed E-state index contributed by atoms with van der Waals surface area (Å²) >= 11 is 0. The molecule has 0 amide bonds. The molecule has 0 bridgehead atoms. The molecule has 146 valence electrons. The number of aromatic nitrogens is 1. The fourth-order valence-electron chi connectivity index (χ4n) is 2.98. The molecule has 0 saturated heterocycles. The molecule has 0 aliphatic carbocycles. The number of carbonyl (C=O) groups is 1. The maximum Gasteiger partial charge on any atom is 0.418 e. The monoisotopic (exact) mass is 387 g/mol. The van der Waals surface area contributed by atoms with Crippen molar-refractivity contribution in [3.05, 3.63) is 78.0 Å². The lowest BCUT2D eigenvalue weighted by Crippen LogP contribution is -2.14. The summed E-state index contributed by atoms with van der Waals surface area (Å²) in [5, 5.41) is 0. The van der Waals surface area contributed by atoms with E-state index in [1.165, 1.54) is 4.57 Å². The molecule has 0 saturated carbocycles. The molecular weight excluding hydrogens is 367 g/mol. The van der Waals surface area contributed by atoms with Gasteiger partial charge in [0.25, 0.3) is 0 Å². The zero-order valence-electron chi connectivity index (χ0n) is 15.4. The highest BCUT2D eigenvalue weighted by molar-refractivity contribution is 5.99. The number of ether oxygens (including phenoxy) is 1. The number of alkyl halides is 3. The van der Waals surface area contributed by atoms with E-state index in [1.807, 2.05) is 6.92 Å². The maximum absolute atomic E-state index is 13.8. The fraction of sp³-hybridized carbons (Fsp3) is 0.227. The number of esters is 1. The summed E-state index contributed by atoms with van der Waals surface area (Å²) in [6.45, 7) is 1.99. The third-order valence-electron chi connectivity index (χ3n) is 4.33. The van der Waals surface area contributed by atoms with Crippen LogP contribution in [0, 0.1) is 0 Å². The SMILES string of the molecule is CCCCOC(=O)c1c(C(F)(F)F)cn(-c2ccccc2)c1-c1ccccc1. The van der Waals surface area contributed by atoms with Crippen LogP contribution in [0.3, 0.4) is 0 Å². The summed E-state index contributed by atoms with van der Waals surface area (Å²) in [6.07, 6.45) is -2.36. The van der Waals surface area contributed by atoms with Gasteiger partial charge in [-0.25, -0.2) is 4.79 Å². The van der Waals surface area contributed by atoms with Crippen molar-refractivity contribution in [1.82, 2.24) is 4.57 Å². The molecule has 0 aliphatic rings. The highest BCUT2D eigenvalue weighted by Crippen LogP contribution is 2.40. The molecular formula is C22H20F3NO2. The van der Waals surface area contributed by atoms with Crippen LogP contribution in [0.25, 0.3) is 16.9 Å². The molecule has 0 unspecified atom stereocenters. The Kier molecular flexibility index (Phi) is 5.87. The second kappa shape index (κ2) is 8.33. The molecule has 6 heteroatoms. The number of carbonyl (C=O) groups excluding carboxylic acids is 1. The molecule has 0 atom stereocenters. The van der Waals surface area contributed by atoms with Crippen LogP contribution in [0.15, 0.2) is 66.9 Å². The summed E-state index contributed by atoms with van der Waals surface area (Å²) < 4.78 is 48.0. The van der Waals surface area contributed by atoms with E-state index in [0.29, 0.717) is 17.7 Å². The van der Waals surface area contributed by atoms with E-state index in [9.17, 15) is 18.0 Å². The fourth-order valence-corrected chi connectivity index (χ4v) is 2.98. The van der Waals surface area contributed by atoms with Gasteiger partial charge in [0.2, 0.25) is 0 Å². The number of nitrogens with zero attached hydrogens (tertiary/aromatic N) is 1. The number of benzene rings is 2. The Morgan fingerprint density at radius 2 is 1.61 bits per heavy atom. The molecule has 0 N–H and O–H groups in total. The molecule has 1 aromatic heterocycles. The van der Waals surface area contributed by atoms with Gasteiger partial charge in [0.05, 0.1) is 23.4 Å². The lowest BCUT2D eigenvalue weighted by molar-refractivity contribution is -0.138. The van der Waals surface area contributed by atoms with Crippen molar-refractivity contribution >= 4 is 5.97 Å². The molecule has 0 fully saturated rings. The zero-order chi connectivity index (χ0) is 20.1. The molecule has 0 aliphatic heterocycles. The van der Waals surface area contributed by atoms with E-state index in [0.717, 1.165) is 12.6 Å². The normalized spacial score (nSPS) is 11.4. The van der Waals surface area contributed by atoms with Crippen molar-refractivity contribution in [3.63, 3.8) is 0 Å². The van der Waals surface area contributed by atoms with E-state index in [2.05, 4.69) is 0 Å². The first-order valence-electron chi connectivity index (χ1n) is 9.04. The van der Waals surface area contributed by atoms with Crippen molar-refractivity contribution in [1.29, 1.82) is 0 Å². The number of rotatable bonds is 6. The Hall–Kier alpha value is -3.02. The van der Waals surface area contributed by atoms with Gasteiger partial charge in [0.15, 0.2) is 0 Å². The molecule has 0 radical (unpaired) electrons. The van der Waals surface area contributed by atoms with Gasteiger partial charge in [0, 0.05) is 11.9 Å². The Morgan fingerprint density at radius 3 is 2.18 bits per heavy atom. The first kappa shape index (κ1) is 19.7. The van der Waals surface area contributed by atoms with Crippen LogP contribution in [-0.4, -0.2) is 17.1 Å². The second-order valence-electron chi connectivity index (χ2n) is 6.33. The van der Waals surface area contributed by atoms with Crippen molar-refractivity contribution in [3.8, 4) is 16.9 Å². The number of unbranched alkanes of at least 4 members (excludes halogenated alkanes) is 1. The standard InChI is InChI=1S/C22H20F3NO2/c1-2-3-14-28-21(27)19-18(22(23,24)25)15-26(17-12-8-5-9-13-17)20(19)16-10-6-4-7-11-16/h4-13,15H,2-3,14H2,1H3. The Balaban J connectivity index is 2.25. The summed E-state index contributed by atoms with van der Waals surface area (Å²) in [5.41, 5.74) is -0.264. The van der Waals surface area contributed by atoms with E-state index < -0.39 is 23.3 Å². The first-order valence-corrected chi connectivity index (χ1v) is 9.04. The minimum Gasteiger partial charge on any atom is -0.462 e. The van der Waals surface area contributed by atoms with E-state index in [1.54, 1.807) is 60.7 Å². The van der Waals surface area contributed by atoms with Crippen LogP contribution in [-0.2, 0) is 10.9 Å². The van der Waals surface area contributed by atoms with Crippen molar-refractivity contribution in [2.45, 2.75) is 25.9 Å². The maximum atomic E-state index is 13.8. The van der Waals surface area contributed by atoms with E-state index in [4.69, 9.17) is 4.74 Å². The highest BCUT2D eigenvalue weighted by Gasteiger charge is 2.40. The van der Waals surface area contributed by atoms with Crippen LogP contribution in [0.1, 0.15) is 35.7 Å². The van der Waals surface area contributed by atoms with E-state index >= 15 is 0 Å². The molecule has 2 aromatic carbocycles. The van der Waals surface area contributed by atoms with Crippen LogP contribution < -0.4 is 0 Å². The molecule has 3 rings (SSSR count). The van der Waals surface area contributed by atoms with Gasteiger partial charge in [-0.2, -0.15) is 13.2 Å². The summed E-state index contributed by atoms with van der Waals surface area (Å²) in [5.74, 6) is -0.964. The van der Waals surface area contributed by atoms with Crippen LogP contribution >= 0.6 is 0 Å². The predicted molar refractivity (Wildman–Crippen MR) is 101 cm³/mol. The van der Waals surface area contributed by atoms with Crippen molar-refractivity contribution in [2.24, 2.45) is 0 Å². The zero-order valence-corrected chi connectivity index (χ0v) is 15.4.